The normalized spacial score (nSPS) is 11.1. The second-order valence-electron chi connectivity index (χ2n) is 5.22. The Hall–Kier alpha value is -2.44. The van der Waals surface area contributed by atoms with Gasteiger partial charge in [0.05, 0.1) is 10.4 Å². The summed E-state index contributed by atoms with van der Waals surface area (Å²) in [7, 11) is 0. The monoisotopic (exact) mass is 357 g/mol. The number of aromatic nitrogens is 3. The van der Waals surface area contributed by atoms with E-state index < -0.39 is 0 Å². The molecule has 0 fully saturated rings. The molecule has 3 aromatic heterocycles. The zero-order valence-electron chi connectivity index (χ0n) is 12.7. The Morgan fingerprint density at radius 3 is 3.00 bits per heavy atom. The van der Waals surface area contributed by atoms with Crippen LogP contribution in [0.1, 0.15) is 11.3 Å². The summed E-state index contributed by atoms with van der Waals surface area (Å²) in [6.07, 6.45) is 1.50. The third-order valence-electron chi connectivity index (χ3n) is 3.58. The molecule has 0 radical (unpaired) electrons. The molecule has 4 rings (SSSR count). The van der Waals surface area contributed by atoms with Gasteiger partial charge >= 0.3 is 0 Å². The van der Waals surface area contributed by atoms with Gasteiger partial charge in [-0.15, -0.1) is 11.3 Å². The van der Waals surface area contributed by atoms with Crippen LogP contribution in [-0.2, 0) is 6.61 Å². The van der Waals surface area contributed by atoms with Gasteiger partial charge in [0, 0.05) is 11.6 Å². The van der Waals surface area contributed by atoms with E-state index in [9.17, 15) is 0 Å². The molecule has 0 amide bonds. The number of rotatable bonds is 4. The molecule has 0 aliphatic heterocycles. The first kappa shape index (κ1) is 15.1. The molecule has 0 unspecified atom stereocenters. The number of nitrogens with zero attached hydrogens (tertiary/aromatic N) is 3. The van der Waals surface area contributed by atoms with Crippen molar-refractivity contribution in [2.75, 3.05) is 0 Å². The molecular formula is C17H12ClN3O2S. The van der Waals surface area contributed by atoms with E-state index in [1.807, 2.05) is 42.6 Å². The van der Waals surface area contributed by atoms with Crippen LogP contribution in [0, 0.1) is 6.92 Å². The third kappa shape index (κ3) is 2.74. The lowest BCUT2D eigenvalue weighted by Gasteiger charge is -2.04. The zero-order valence-corrected chi connectivity index (χ0v) is 14.3. The number of hydrogen-bond acceptors (Lipinski definition) is 6. The fourth-order valence-corrected chi connectivity index (χ4v) is 3.52. The van der Waals surface area contributed by atoms with Crippen molar-refractivity contribution < 1.29 is 9.26 Å². The molecule has 3 heterocycles. The van der Waals surface area contributed by atoms with E-state index in [4.69, 9.17) is 20.9 Å². The summed E-state index contributed by atoms with van der Waals surface area (Å²) in [5.41, 5.74) is 2.60. The molecule has 24 heavy (non-hydrogen) atoms. The Balaban J connectivity index is 1.56. The van der Waals surface area contributed by atoms with E-state index in [1.54, 1.807) is 11.3 Å². The van der Waals surface area contributed by atoms with Gasteiger partial charge < -0.3 is 9.26 Å². The minimum absolute atomic E-state index is 0.235. The molecule has 0 aliphatic carbocycles. The predicted molar refractivity (Wildman–Crippen MR) is 93.4 cm³/mol. The second-order valence-corrected chi connectivity index (χ2v) is 6.49. The topological polar surface area (TPSA) is 61.0 Å². The standard InChI is InChI=1S/C17H12ClN3O2S/c1-10-8-24-17-15(10)16(19-9-20-17)22-7-11-6-14(21-23-11)12-4-2-3-5-13(12)18/h2-6,8-9H,7H2,1H3. The number of benzene rings is 1. The molecule has 0 atom stereocenters. The number of halogens is 1. The van der Waals surface area contributed by atoms with Gasteiger partial charge in [-0.1, -0.05) is 35.0 Å². The fraction of sp³-hybridized carbons (Fsp3) is 0.118. The molecule has 0 N–H and O–H groups in total. The second kappa shape index (κ2) is 6.22. The highest BCUT2D eigenvalue weighted by molar-refractivity contribution is 7.17. The van der Waals surface area contributed by atoms with Crippen molar-refractivity contribution in [2.45, 2.75) is 13.5 Å². The van der Waals surface area contributed by atoms with Gasteiger partial charge in [0.25, 0.3) is 0 Å². The van der Waals surface area contributed by atoms with Gasteiger partial charge in [-0.05, 0) is 23.9 Å². The van der Waals surface area contributed by atoms with Gasteiger partial charge in [0.1, 0.15) is 16.9 Å². The molecule has 0 saturated heterocycles. The first-order valence-electron chi connectivity index (χ1n) is 7.24. The number of fused-ring (bicyclic) bond motifs is 1. The van der Waals surface area contributed by atoms with Crippen LogP contribution in [0.15, 0.2) is 46.6 Å². The number of thiophene rings is 1. The van der Waals surface area contributed by atoms with Crippen LogP contribution in [0.2, 0.25) is 5.02 Å². The van der Waals surface area contributed by atoms with Crippen molar-refractivity contribution in [1.82, 2.24) is 15.1 Å². The van der Waals surface area contributed by atoms with Crippen LogP contribution in [0.4, 0.5) is 0 Å². The molecule has 0 saturated carbocycles. The average molecular weight is 358 g/mol. The third-order valence-corrected chi connectivity index (χ3v) is 4.91. The smallest absolute Gasteiger partial charge is 0.226 e. The van der Waals surface area contributed by atoms with Crippen molar-refractivity contribution in [3.8, 4) is 17.1 Å². The molecule has 4 aromatic rings. The minimum Gasteiger partial charge on any atom is -0.469 e. The van der Waals surface area contributed by atoms with E-state index in [-0.39, 0.29) is 6.61 Å². The van der Waals surface area contributed by atoms with E-state index in [0.717, 1.165) is 21.3 Å². The molecule has 7 heteroatoms. The first-order valence-corrected chi connectivity index (χ1v) is 8.50. The summed E-state index contributed by atoms with van der Waals surface area (Å²) in [6.45, 7) is 2.25. The number of hydrogen-bond donors (Lipinski definition) is 0. The Bertz CT molecular complexity index is 1010. The summed E-state index contributed by atoms with van der Waals surface area (Å²) in [4.78, 5) is 9.38. The van der Waals surface area contributed by atoms with Gasteiger partial charge in [0.2, 0.25) is 5.88 Å². The van der Waals surface area contributed by atoms with Crippen molar-refractivity contribution in [3.05, 3.63) is 58.4 Å². The number of ether oxygens (including phenoxy) is 1. The highest BCUT2D eigenvalue weighted by Crippen LogP contribution is 2.31. The predicted octanol–water partition coefficient (Wildman–Crippen LogP) is 4.89. The first-order chi connectivity index (χ1) is 11.7. The van der Waals surface area contributed by atoms with Crippen LogP contribution in [0.5, 0.6) is 5.88 Å². The number of aryl methyl sites for hydroxylation is 1. The highest BCUT2D eigenvalue weighted by atomic mass is 35.5. The van der Waals surface area contributed by atoms with E-state index in [1.165, 1.54) is 6.33 Å². The van der Waals surface area contributed by atoms with Crippen molar-refractivity contribution in [2.24, 2.45) is 0 Å². The van der Waals surface area contributed by atoms with Crippen LogP contribution in [0.25, 0.3) is 21.5 Å². The Labute approximate surface area is 146 Å². The molecule has 0 aliphatic rings. The maximum atomic E-state index is 6.18. The summed E-state index contributed by atoms with van der Waals surface area (Å²) in [6, 6.07) is 9.31. The molecular weight excluding hydrogens is 346 g/mol. The molecule has 1 aromatic carbocycles. The largest absolute Gasteiger partial charge is 0.469 e. The average Bonchev–Trinajstić information content (AvgIpc) is 3.21. The Kier molecular flexibility index (Phi) is 3.92. The van der Waals surface area contributed by atoms with Crippen LogP contribution < -0.4 is 4.74 Å². The SMILES string of the molecule is Cc1csc2ncnc(OCc3cc(-c4ccccc4Cl)no3)c12. The van der Waals surface area contributed by atoms with Crippen LogP contribution in [-0.4, -0.2) is 15.1 Å². The van der Waals surface area contributed by atoms with Crippen LogP contribution in [0.3, 0.4) is 0 Å². The van der Waals surface area contributed by atoms with Crippen molar-refractivity contribution >= 4 is 33.2 Å². The summed E-state index contributed by atoms with van der Waals surface area (Å²) < 4.78 is 11.2. The lowest BCUT2D eigenvalue weighted by molar-refractivity contribution is 0.244. The fourth-order valence-electron chi connectivity index (χ4n) is 2.41. The summed E-state index contributed by atoms with van der Waals surface area (Å²) in [5.74, 6) is 1.15. The van der Waals surface area contributed by atoms with E-state index >= 15 is 0 Å². The van der Waals surface area contributed by atoms with Gasteiger partial charge in [-0.2, -0.15) is 0 Å². The zero-order chi connectivity index (χ0) is 16.5. The highest BCUT2D eigenvalue weighted by Gasteiger charge is 2.13. The van der Waals surface area contributed by atoms with Gasteiger partial charge in [0.15, 0.2) is 12.4 Å². The molecule has 120 valence electrons. The quantitative estimate of drug-likeness (QED) is 0.520. The van der Waals surface area contributed by atoms with Crippen molar-refractivity contribution in [3.63, 3.8) is 0 Å². The minimum atomic E-state index is 0.235. The Morgan fingerprint density at radius 2 is 2.12 bits per heavy atom. The van der Waals surface area contributed by atoms with E-state index in [2.05, 4.69) is 15.1 Å². The lowest BCUT2D eigenvalue weighted by atomic mass is 10.1. The maximum absolute atomic E-state index is 6.18. The van der Waals surface area contributed by atoms with Crippen LogP contribution >= 0.6 is 22.9 Å². The van der Waals surface area contributed by atoms with Crippen molar-refractivity contribution in [1.29, 1.82) is 0 Å². The summed E-state index contributed by atoms with van der Waals surface area (Å²) >= 11 is 7.75. The summed E-state index contributed by atoms with van der Waals surface area (Å²) in [5, 5.41) is 7.66. The van der Waals surface area contributed by atoms with E-state index in [0.29, 0.717) is 22.4 Å². The van der Waals surface area contributed by atoms with Gasteiger partial charge in [-0.3, -0.25) is 0 Å². The van der Waals surface area contributed by atoms with Gasteiger partial charge in [-0.25, -0.2) is 9.97 Å². The molecule has 5 nitrogen and oxygen atoms in total. The maximum Gasteiger partial charge on any atom is 0.226 e. The lowest BCUT2D eigenvalue weighted by Crippen LogP contribution is -1.97. The molecule has 0 bridgehead atoms. The molecule has 0 spiro atoms. The Morgan fingerprint density at radius 1 is 1.25 bits per heavy atom.